The fourth-order valence-electron chi connectivity index (χ4n) is 6.90. The highest BCUT2D eigenvalue weighted by Crippen LogP contribution is 2.41. The molecule has 0 aliphatic carbocycles. The van der Waals surface area contributed by atoms with Crippen molar-refractivity contribution in [3.63, 3.8) is 0 Å². The number of hydrogen-bond acceptors (Lipinski definition) is 8. The zero-order chi connectivity index (χ0) is 33.3. The van der Waals surface area contributed by atoms with Gasteiger partial charge in [0.15, 0.2) is 6.10 Å². The smallest absolute Gasteiger partial charge is 0.420 e. The Labute approximate surface area is 279 Å². The van der Waals surface area contributed by atoms with Crippen molar-refractivity contribution in [2.45, 2.75) is 63.0 Å². The second kappa shape index (κ2) is 14.1. The van der Waals surface area contributed by atoms with Crippen LogP contribution in [0.1, 0.15) is 41.7 Å². The molecule has 3 fully saturated rings. The Balaban J connectivity index is 1.13. The lowest BCUT2D eigenvalue weighted by atomic mass is 10.0. The Morgan fingerprint density at radius 2 is 1.72 bits per heavy atom. The van der Waals surface area contributed by atoms with E-state index < -0.39 is 40.6 Å². The van der Waals surface area contributed by atoms with Crippen molar-refractivity contribution < 1.29 is 37.4 Å². The molecule has 5 heterocycles. The van der Waals surface area contributed by atoms with Crippen LogP contribution >= 0.6 is 22.9 Å². The molecule has 11 nitrogen and oxygen atoms in total. The number of alkyl halides is 3. The lowest BCUT2D eigenvalue weighted by Gasteiger charge is -2.42. The predicted octanol–water partition coefficient (Wildman–Crippen LogP) is 4.58. The van der Waals surface area contributed by atoms with E-state index in [2.05, 4.69) is 15.5 Å². The highest BCUT2D eigenvalue weighted by atomic mass is 35.5. The molecule has 0 saturated carbocycles. The number of halogens is 4. The van der Waals surface area contributed by atoms with E-state index in [4.69, 9.17) is 16.3 Å². The van der Waals surface area contributed by atoms with Crippen LogP contribution in [0, 0.1) is 0 Å². The fraction of sp³-hybridized carbons (Fsp3) is 0.581. The molecular weight excluding hydrogens is 661 g/mol. The average Bonchev–Trinajstić information content (AvgIpc) is 3.52. The number of anilines is 1. The summed E-state index contributed by atoms with van der Waals surface area (Å²) >= 11 is 7.53. The first kappa shape index (κ1) is 33.6. The number of ether oxygens (including phenoxy) is 1. The fourth-order valence-corrected chi connectivity index (χ4v) is 7.97. The first-order valence-electron chi connectivity index (χ1n) is 15.9. The molecule has 4 aliphatic rings. The number of phenols is 1. The highest BCUT2D eigenvalue weighted by molar-refractivity contribution is 7.10. The van der Waals surface area contributed by atoms with Gasteiger partial charge in [-0.15, -0.1) is 11.3 Å². The monoisotopic (exact) mass is 698 g/mol. The van der Waals surface area contributed by atoms with E-state index in [1.807, 2.05) is 11.4 Å². The molecule has 4 amide bonds. The summed E-state index contributed by atoms with van der Waals surface area (Å²) in [6.45, 7) is 5.02. The Kier molecular flexibility index (Phi) is 10.1. The van der Waals surface area contributed by atoms with Gasteiger partial charge in [-0.3, -0.25) is 9.69 Å². The van der Waals surface area contributed by atoms with E-state index in [-0.39, 0.29) is 37.1 Å². The lowest BCUT2D eigenvalue weighted by Crippen LogP contribution is -2.56. The number of phenolic OH excluding ortho intramolecular Hbond substituents is 1. The zero-order valence-corrected chi connectivity index (χ0v) is 27.3. The standard InChI is InChI=1S/C31H38ClF3N6O5S/c32-23-16-19(15-22(27(23)42)31(33,34)35)17-25(28(43)39-12-10-38(11-13-39)20-1-6-36-7-2-20)46-30(45)40-8-3-21(4-9-40)41-18-26-24(5-14-47-26)37-29(41)44/h5,14-16,20-21,25,36,42H,1-4,6-13,17-18H2,(H,37,44)/t25-/m1/s1. The Hall–Kier alpha value is -3.27. The van der Waals surface area contributed by atoms with Crippen molar-refractivity contribution >= 4 is 46.7 Å². The molecule has 3 saturated heterocycles. The first-order chi connectivity index (χ1) is 22.5. The van der Waals surface area contributed by atoms with E-state index >= 15 is 0 Å². The number of amides is 4. The van der Waals surface area contributed by atoms with Gasteiger partial charge < -0.3 is 35.2 Å². The number of likely N-dealkylation sites (tertiary alicyclic amines) is 1. The third-order valence-corrected chi connectivity index (χ3v) is 10.7. The number of aromatic hydroxyl groups is 1. The van der Waals surface area contributed by atoms with Crippen LogP contribution in [0.4, 0.5) is 28.4 Å². The van der Waals surface area contributed by atoms with Crippen LogP contribution in [0.2, 0.25) is 5.02 Å². The maximum atomic E-state index is 13.9. The van der Waals surface area contributed by atoms with Crippen LogP contribution in [0.5, 0.6) is 5.75 Å². The molecule has 256 valence electrons. The third kappa shape index (κ3) is 7.58. The summed E-state index contributed by atoms with van der Waals surface area (Å²) in [6.07, 6.45) is -4.35. The number of piperazine rings is 1. The quantitative estimate of drug-likeness (QED) is 0.405. The van der Waals surface area contributed by atoms with Gasteiger partial charge in [-0.2, -0.15) is 13.2 Å². The molecule has 47 heavy (non-hydrogen) atoms. The molecule has 16 heteroatoms. The summed E-state index contributed by atoms with van der Waals surface area (Å²) in [5.41, 5.74) is -0.507. The maximum absolute atomic E-state index is 13.9. The third-order valence-electron chi connectivity index (χ3n) is 9.54. The van der Waals surface area contributed by atoms with Gasteiger partial charge in [0.2, 0.25) is 0 Å². The van der Waals surface area contributed by atoms with E-state index in [0.29, 0.717) is 51.6 Å². The number of fused-ring (bicyclic) bond motifs is 1. The summed E-state index contributed by atoms with van der Waals surface area (Å²) in [4.78, 5) is 48.3. The van der Waals surface area contributed by atoms with Gasteiger partial charge in [0.1, 0.15) is 5.75 Å². The van der Waals surface area contributed by atoms with Crippen molar-refractivity contribution in [2.75, 3.05) is 57.7 Å². The predicted molar refractivity (Wildman–Crippen MR) is 170 cm³/mol. The van der Waals surface area contributed by atoms with Crippen LogP contribution in [0.25, 0.3) is 0 Å². The minimum absolute atomic E-state index is 0.00221. The molecule has 0 unspecified atom stereocenters. The summed E-state index contributed by atoms with van der Waals surface area (Å²) in [6, 6.07) is 3.91. The van der Waals surface area contributed by atoms with Crippen molar-refractivity contribution in [3.8, 4) is 5.75 Å². The van der Waals surface area contributed by atoms with Gasteiger partial charge in [-0.25, -0.2) is 9.59 Å². The van der Waals surface area contributed by atoms with E-state index in [9.17, 15) is 32.7 Å². The minimum Gasteiger partial charge on any atom is -0.506 e. The summed E-state index contributed by atoms with van der Waals surface area (Å²) in [7, 11) is 0. The maximum Gasteiger partial charge on any atom is 0.420 e. The van der Waals surface area contributed by atoms with Gasteiger partial charge in [-0.1, -0.05) is 11.6 Å². The van der Waals surface area contributed by atoms with E-state index in [1.165, 1.54) is 4.90 Å². The molecule has 6 rings (SSSR count). The van der Waals surface area contributed by atoms with Gasteiger partial charge in [0.05, 0.1) is 22.8 Å². The molecule has 4 aliphatic heterocycles. The van der Waals surface area contributed by atoms with Gasteiger partial charge in [-0.05, 0) is 67.9 Å². The van der Waals surface area contributed by atoms with E-state index in [0.717, 1.165) is 48.6 Å². The number of rotatable bonds is 6. The molecule has 2 aromatic rings. The lowest BCUT2D eigenvalue weighted by molar-refractivity contribution is -0.143. The number of carbonyl (C=O) groups excluding carboxylic acids is 3. The van der Waals surface area contributed by atoms with E-state index in [1.54, 1.807) is 21.1 Å². The van der Waals surface area contributed by atoms with Crippen LogP contribution in [-0.4, -0.2) is 113 Å². The molecule has 3 N–H and O–H groups in total. The summed E-state index contributed by atoms with van der Waals surface area (Å²) in [5, 5.41) is 17.6. The highest BCUT2D eigenvalue weighted by Gasteiger charge is 2.39. The zero-order valence-electron chi connectivity index (χ0n) is 25.7. The van der Waals surface area contributed by atoms with Gasteiger partial charge in [0, 0.05) is 62.7 Å². The normalized spacial score (nSPS) is 20.9. The molecule has 1 aromatic heterocycles. The van der Waals surface area contributed by atoms with Crippen LogP contribution in [0.15, 0.2) is 23.6 Å². The second-order valence-corrected chi connectivity index (χ2v) is 13.8. The molecule has 0 radical (unpaired) electrons. The van der Waals surface area contributed by atoms with Crippen LogP contribution in [-0.2, 0) is 28.7 Å². The van der Waals surface area contributed by atoms with Crippen LogP contribution in [0.3, 0.4) is 0 Å². The first-order valence-corrected chi connectivity index (χ1v) is 17.2. The van der Waals surface area contributed by atoms with Gasteiger partial charge >= 0.3 is 18.3 Å². The number of nitrogens with one attached hydrogen (secondary N) is 2. The molecule has 1 aromatic carbocycles. The molecule has 0 spiro atoms. The largest absolute Gasteiger partial charge is 0.506 e. The SMILES string of the molecule is O=C(O[C@H](Cc1cc(Cl)c(O)c(C(F)(F)F)c1)C(=O)N1CCN(C2CCNCC2)CC1)N1CCC(N2Cc3sccc3NC2=O)CC1. The number of thiophene rings is 1. The van der Waals surface area contributed by atoms with Gasteiger partial charge in [0.25, 0.3) is 5.91 Å². The van der Waals surface area contributed by atoms with Crippen molar-refractivity contribution in [2.24, 2.45) is 0 Å². The number of piperidine rings is 2. The Morgan fingerprint density at radius 1 is 1.02 bits per heavy atom. The van der Waals surface area contributed by atoms with Crippen molar-refractivity contribution in [1.29, 1.82) is 0 Å². The topological polar surface area (TPSA) is 118 Å². The number of nitrogens with zero attached hydrogens (tertiary/aromatic N) is 4. The number of hydrogen-bond donors (Lipinski definition) is 3. The Morgan fingerprint density at radius 3 is 2.40 bits per heavy atom. The Bertz CT molecular complexity index is 1470. The molecular formula is C31H38ClF3N6O5S. The summed E-state index contributed by atoms with van der Waals surface area (Å²) < 4.78 is 46.8. The van der Waals surface area contributed by atoms with Crippen molar-refractivity contribution in [3.05, 3.63) is 44.6 Å². The second-order valence-electron chi connectivity index (χ2n) is 12.4. The van der Waals surface area contributed by atoms with Crippen molar-refractivity contribution in [1.82, 2.24) is 24.9 Å². The summed E-state index contributed by atoms with van der Waals surface area (Å²) in [5.74, 6) is -1.59. The average molecular weight is 699 g/mol. The molecule has 1 atom stereocenters. The number of urea groups is 1. The number of benzene rings is 1. The number of carbonyl (C=O) groups is 3. The minimum atomic E-state index is -4.88. The van der Waals surface area contributed by atoms with Crippen LogP contribution < -0.4 is 10.6 Å². The molecule has 0 bridgehead atoms.